The number of carbonyl (C=O) groups excluding carboxylic acids is 1. The molecule has 2 aromatic carbocycles. The Kier molecular flexibility index (Phi) is 6.03. The molecule has 9 heteroatoms. The van der Waals surface area contributed by atoms with Crippen molar-refractivity contribution >= 4 is 32.5 Å². The van der Waals surface area contributed by atoms with E-state index in [1.165, 1.54) is 28.1 Å². The monoisotopic (exact) mass is 455 g/mol. The van der Waals surface area contributed by atoms with Crippen LogP contribution in [0.1, 0.15) is 18.4 Å². The van der Waals surface area contributed by atoms with Gasteiger partial charge >= 0.3 is 0 Å². The van der Waals surface area contributed by atoms with Crippen LogP contribution in [0, 0.1) is 6.92 Å². The molecule has 168 valence electrons. The number of hydrogen-bond donors (Lipinski definition) is 1. The highest BCUT2D eigenvalue weighted by Gasteiger charge is 2.27. The van der Waals surface area contributed by atoms with E-state index in [1.807, 2.05) is 13.0 Å². The number of anilines is 1. The van der Waals surface area contributed by atoms with Gasteiger partial charge in [-0.25, -0.2) is 8.42 Å². The maximum absolute atomic E-state index is 12.9. The Bertz CT molecular complexity index is 1340. The van der Waals surface area contributed by atoms with Gasteiger partial charge in [0.2, 0.25) is 15.9 Å². The standard InChI is InChI=1S/C23H25N3O5S/c1-16-5-9-21(31-2)19(13-16)24-22(27)15-26-20-8-7-18(14-17(20)6-10-23(26)28)32(29,30)25-11-3-4-12-25/h5-10,13-14H,3-4,11-12,15H2,1-2H3,(H,24,27). The fourth-order valence-corrected chi connectivity index (χ4v) is 5.49. The Morgan fingerprint density at radius 2 is 1.81 bits per heavy atom. The van der Waals surface area contributed by atoms with Gasteiger partial charge in [0.15, 0.2) is 0 Å². The third-order valence-corrected chi connectivity index (χ3v) is 7.49. The van der Waals surface area contributed by atoms with E-state index in [0.29, 0.717) is 35.4 Å². The minimum absolute atomic E-state index is 0.186. The quantitative estimate of drug-likeness (QED) is 0.616. The van der Waals surface area contributed by atoms with Crippen LogP contribution in [0.4, 0.5) is 5.69 Å². The average Bonchev–Trinajstić information content (AvgIpc) is 3.31. The minimum atomic E-state index is -3.58. The number of aryl methyl sites for hydroxylation is 1. The van der Waals surface area contributed by atoms with Crippen LogP contribution in [-0.2, 0) is 21.4 Å². The molecular formula is C23H25N3O5S. The fourth-order valence-electron chi connectivity index (χ4n) is 3.94. The van der Waals surface area contributed by atoms with Crippen molar-refractivity contribution in [3.8, 4) is 5.75 Å². The van der Waals surface area contributed by atoms with E-state index in [1.54, 1.807) is 30.3 Å². The van der Waals surface area contributed by atoms with Gasteiger partial charge in [-0.2, -0.15) is 4.31 Å². The first kappa shape index (κ1) is 22.0. The number of methoxy groups -OCH3 is 1. The molecule has 1 saturated heterocycles. The molecule has 32 heavy (non-hydrogen) atoms. The highest BCUT2D eigenvalue weighted by atomic mass is 32.2. The topological polar surface area (TPSA) is 97.7 Å². The van der Waals surface area contributed by atoms with Gasteiger partial charge in [0.1, 0.15) is 12.3 Å². The minimum Gasteiger partial charge on any atom is -0.495 e. The van der Waals surface area contributed by atoms with E-state index >= 15 is 0 Å². The van der Waals surface area contributed by atoms with E-state index in [0.717, 1.165) is 18.4 Å². The summed E-state index contributed by atoms with van der Waals surface area (Å²) in [5.41, 5.74) is 1.61. The summed E-state index contributed by atoms with van der Waals surface area (Å²) in [7, 11) is -2.06. The Morgan fingerprint density at radius 3 is 2.53 bits per heavy atom. The zero-order valence-electron chi connectivity index (χ0n) is 18.0. The number of sulfonamides is 1. The van der Waals surface area contributed by atoms with E-state index in [4.69, 9.17) is 4.74 Å². The Hall–Kier alpha value is -3.17. The zero-order chi connectivity index (χ0) is 22.9. The molecule has 1 aliphatic heterocycles. The molecule has 0 unspecified atom stereocenters. The van der Waals surface area contributed by atoms with Gasteiger partial charge in [0.25, 0.3) is 5.56 Å². The third kappa shape index (κ3) is 4.26. The van der Waals surface area contributed by atoms with Crippen LogP contribution in [0.25, 0.3) is 10.9 Å². The molecule has 0 saturated carbocycles. The molecule has 0 spiro atoms. The van der Waals surface area contributed by atoms with Crippen molar-refractivity contribution in [2.24, 2.45) is 0 Å². The Labute approximate surface area is 186 Å². The number of nitrogens with one attached hydrogen (secondary N) is 1. The van der Waals surface area contributed by atoms with Gasteiger partial charge in [0, 0.05) is 19.2 Å². The number of ether oxygens (including phenoxy) is 1. The predicted molar refractivity (Wildman–Crippen MR) is 123 cm³/mol. The van der Waals surface area contributed by atoms with Gasteiger partial charge in [-0.1, -0.05) is 6.07 Å². The largest absolute Gasteiger partial charge is 0.495 e. The van der Waals surface area contributed by atoms with Crippen LogP contribution >= 0.6 is 0 Å². The molecule has 0 bridgehead atoms. The molecule has 1 N–H and O–H groups in total. The highest BCUT2D eigenvalue weighted by molar-refractivity contribution is 7.89. The van der Waals surface area contributed by atoms with Gasteiger partial charge in [0.05, 0.1) is 23.2 Å². The molecule has 0 radical (unpaired) electrons. The lowest BCUT2D eigenvalue weighted by Crippen LogP contribution is -2.28. The van der Waals surface area contributed by atoms with E-state index in [-0.39, 0.29) is 17.0 Å². The van der Waals surface area contributed by atoms with Gasteiger partial charge in [-0.15, -0.1) is 0 Å². The molecule has 3 aromatic rings. The van der Waals surface area contributed by atoms with Crippen LogP contribution in [-0.4, -0.2) is 43.4 Å². The van der Waals surface area contributed by atoms with Crippen LogP contribution in [0.2, 0.25) is 0 Å². The summed E-state index contributed by atoms with van der Waals surface area (Å²) in [5.74, 6) is 0.128. The van der Waals surface area contributed by atoms with E-state index in [9.17, 15) is 18.0 Å². The lowest BCUT2D eigenvalue weighted by atomic mass is 10.2. The summed E-state index contributed by atoms with van der Waals surface area (Å²) in [6, 6.07) is 13.0. The number of carbonyl (C=O) groups is 1. The number of nitrogens with zero attached hydrogens (tertiary/aromatic N) is 2. The summed E-state index contributed by atoms with van der Waals surface area (Å²) >= 11 is 0. The van der Waals surface area contributed by atoms with Crippen molar-refractivity contribution in [1.29, 1.82) is 0 Å². The van der Waals surface area contributed by atoms with Crippen molar-refractivity contribution < 1.29 is 17.9 Å². The van der Waals surface area contributed by atoms with Crippen LogP contribution in [0.3, 0.4) is 0 Å². The Morgan fingerprint density at radius 1 is 1.06 bits per heavy atom. The van der Waals surface area contributed by atoms with Crippen molar-refractivity contribution in [1.82, 2.24) is 8.87 Å². The average molecular weight is 456 g/mol. The highest BCUT2D eigenvalue weighted by Crippen LogP contribution is 2.26. The van der Waals surface area contributed by atoms with Crippen LogP contribution in [0.15, 0.2) is 58.2 Å². The Balaban J connectivity index is 1.64. The fraction of sp³-hybridized carbons (Fsp3) is 0.304. The lowest BCUT2D eigenvalue weighted by molar-refractivity contribution is -0.116. The number of rotatable bonds is 6. The number of pyridine rings is 1. The summed E-state index contributed by atoms with van der Waals surface area (Å²) in [5, 5.41) is 3.36. The molecular weight excluding hydrogens is 430 g/mol. The first-order valence-electron chi connectivity index (χ1n) is 10.4. The van der Waals surface area contributed by atoms with Crippen LogP contribution < -0.4 is 15.6 Å². The second-order valence-electron chi connectivity index (χ2n) is 7.84. The summed E-state index contributed by atoms with van der Waals surface area (Å²) in [6.07, 6.45) is 1.71. The molecule has 1 aromatic heterocycles. The maximum Gasteiger partial charge on any atom is 0.251 e. The molecule has 4 rings (SSSR count). The summed E-state index contributed by atoms with van der Waals surface area (Å²) < 4.78 is 33.9. The molecule has 1 amide bonds. The summed E-state index contributed by atoms with van der Waals surface area (Å²) in [4.78, 5) is 25.4. The number of aromatic nitrogens is 1. The number of benzene rings is 2. The molecule has 1 aliphatic rings. The van der Waals surface area contributed by atoms with Gasteiger partial charge in [-0.3, -0.25) is 14.2 Å². The first-order valence-corrected chi connectivity index (χ1v) is 11.8. The summed E-state index contributed by atoms with van der Waals surface area (Å²) in [6.45, 7) is 2.72. The molecule has 0 aliphatic carbocycles. The zero-order valence-corrected chi connectivity index (χ0v) is 18.8. The van der Waals surface area contributed by atoms with Gasteiger partial charge in [-0.05, 0) is 67.1 Å². The smallest absolute Gasteiger partial charge is 0.251 e. The number of hydrogen-bond acceptors (Lipinski definition) is 5. The first-order chi connectivity index (χ1) is 15.3. The van der Waals surface area contributed by atoms with Crippen molar-refractivity contribution in [2.75, 3.05) is 25.5 Å². The third-order valence-electron chi connectivity index (χ3n) is 5.59. The second-order valence-corrected chi connectivity index (χ2v) is 9.78. The SMILES string of the molecule is COc1ccc(C)cc1NC(=O)Cn1c(=O)ccc2cc(S(=O)(=O)N3CCCC3)ccc21. The van der Waals surface area contributed by atoms with Crippen molar-refractivity contribution in [3.63, 3.8) is 0 Å². The van der Waals surface area contributed by atoms with Crippen molar-refractivity contribution in [2.45, 2.75) is 31.2 Å². The predicted octanol–water partition coefficient (Wildman–Crippen LogP) is 2.74. The molecule has 2 heterocycles. The number of amides is 1. The van der Waals surface area contributed by atoms with Gasteiger partial charge < -0.3 is 10.1 Å². The van der Waals surface area contributed by atoms with Crippen molar-refractivity contribution in [3.05, 3.63) is 64.4 Å². The van der Waals surface area contributed by atoms with E-state index in [2.05, 4.69) is 5.32 Å². The molecule has 1 fully saturated rings. The number of fused-ring (bicyclic) bond motifs is 1. The molecule has 0 atom stereocenters. The normalized spacial score (nSPS) is 14.6. The lowest BCUT2D eigenvalue weighted by Gasteiger charge is -2.17. The van der Waals surface area contributed by atoms with Crippen LogP contribution in [0.5, 0.6) is 5.75 Å². The maximum atomic E-state index is 12.9. The van der Waals surface area contributed by atoms with E-state index < -0.39 is 15.9 Å². The molecule has 8 nitrogen and oxygen atoms in total. The second kappa shape index (κ2) is 8.76.